The van der Waals surface area contributed by atoms with Crippen LogP contribution < -0.4 is 10.7 Å². The van der Waals surface area contributed by atoms with Gasteiger partial charge in [0.2, 0.25) is 0 Å². The summed E-state index contributed by atoms with van der Waals surface area (Å²) in [5.74, 6) is -0.534. The zero-order valence-electron chi connectivity index (χ0n) is 25.0. The van der Waals surface area contributed by atoms with Gasteiger partial charge in [0.25, 0.3) is 5.91 Å². The second-order valence-electron chi connectivity index (χ2n) is 11.9. The third-order valence-corrected chi connectivity index (χ3v) is 5.78. The Hall–Kier alpha value is -4.44. The zero-order chi connectivity index (χ0) is 31.0. The summed E-state index contributed by atoms with van der Waals surface area (Å²) < 4.78 is 10.8. The van der Waals surface area contributed by atoms with Gasteiger partial charge in [-0.05, 0) is 71.4 Å². The predicted molar refractivity (Wildman–Crippen MR) is 159 cm³/mol. The average molecular weight is 577 g/mol. The van der Waals surface area contributed by atoms with E-state index >= 15 is 0 Å². The Labute approximate surface area is 247 Å². The van der Waals surface area contributed by atoms with Crippen LogP contribution in [0.2, 0.25) is 0 Å². The monoisotopic (exact) mass is 576 g/mol. The van der Waals surface area contributed by atoms with Gasteiger partial charge in [-0.1, -0.05) is 48.5 Å². The number of amides is 3. The van der Waals surface area contributed by atoms with Crippen LogP contribution in [-0.2, 0) is 15.9 Å². The number of carbonyl (C=O) groups excluding carboxylic acids is 3. The minimum Gasteiger partial charge on any atom is -0.444 e. The molecule has 3 amide bonds. The molecule has 0 bridgehead atoms. The van der Waals surface area contributed by atoms with Crippen LogP contribution in [0.25, 0.3) is 11.3 Å². The number of benzene rings is 2. The summed E-state index contributed by atoms with van der Waals surface area (Å²) in [7, 11) is 0. The first kappa shape index (κ1) is 32.1. The van der Waals surface area contributed by atoms with Crippen molar-refractivity contribution in [2.45, 2.75) is 71.3 Å². The summed E-state index contributed by atoms with van der Waals surface area (Å²) >= 11 is 0. The topological polar surface area (TPSA) is 130 Å². The molecule has 224 valence electrons. The van der Waals surface area contributed by atoms with Crippen LogP contribution in [0.3, 0.4) is 0 Å². The van der Waals surface area contributed by atoms with Crippen LogP contribution in [0.1, 0.15) is 63.9 Å². The summed E-state index contributed by atoms with van der Waals surface area (Å²) in [6.45, 7) is 10.1. The number of hydrogen-bond acceptors (Lipinski definition) is 7. The maximum atomic E-state index is 13.6. The number of carbonyl (C=O) groups is 3. The molecular weight excluding hydrogens is 536 g/mol. The molecule has 1 heterocycles. The molecule has 1 aromatic heterocycles. The van der Waals surface area contributed by atoms with Gasteiger partial charge in [0.15, 0.2) is 0 Å². The minimum atomic E-state index is -1.82. The van der Waals surface area contributed by atoms with E-state index in [2.05, 4.69) is 15.7 Å². The molecule has 42 heavy (non-hydrogen) atoms. The molecule has 10 heteroatoms. The number of aromatic nitrogens is 1. The Balaban J connectivity index is 1.86. The normalized spacial score (nSPS) is 12.9. The van der Waals surface area contributed by atoms with E-state index in [0.717, 1.165) is 21.8 Å². The molecule has 0 fully saturated rings. The fourth-order valence-corrected chi connectivity index (χ4v) is 4.01. The predicted octanol–water partition coefficient (Wildman–Crippen LogP) is 5.48. The molecule has 3 rings (SSSR count). The lowest BCUT2D eigenvalue weighted by Gasteiger charge is -2.33. The van der Waals surface area contributed by atoms with Crippen molar-refractivity contribution >= 4 is 18.1 Å². The van der Waals surface area contributed by atoms with Gasteiger partial charge >= 0.3 is 12.2 Å². The largest absolute Gasteiger partial charge is 0.444 e. The van der Waals surface area contributed by atoms with Crippen molar-refractivity contribution < 1.29 is 29.0 Å². The smallest absolute Gasteiger partial charge is 0.426 e. The quantitative estimate of drug-likeness (QED) is 0.239. The van der Waals surface area contributed by atoms with Crippen molar-refractivity contribution in [2.75, 3.05) is 6.54 Å². The maximum Gasteiger partial charge on any atom is 0.426 e. The molecule has 0 unspecified atom stereocenters. The van der Waals surface area contributed by atoms with Crippen molar-refractivity contribution in [3.63, 3.8) is 0 Å². The number of aliphatic hydroxyl groups is 1. The third kappa shape index (κ3) is 10.5. The Kier molecular flexibility index (Phi) is 10.3. The van der Waals surface area contributed by atoms with Crippen LogP contribution in [0, 0.1) is 0 Å². The molecule has 0 saturated heterocycles. The summed E-state index contributed by atoms with van der Waals surface area (Å²) in [4.78, 5) is 43.3. The second kappa shape index (κ2) is 13.5. The van der Waals surface area contributed by atoms with E-state index in [1.54, 1.807) is 72.0 Å². The molecule has 1 atom stereocenters. The number of pyridine rings is 1. The fourth-order valence-electron chi connectivity index (χ4n) is 4.01. The molecule has 0 saturated carbocycles. The van der Waals surface area contributed by atoms with E-state index in [1.165, 1.54) is 0 Å². The van der Waals surface area contributed by atoms with Crippen molar-refractivity contribution in [2.24, 2.45) is 0 Å². The summed E-state index contributed by atoms with van der Waals surface area (Å²) in [5, 5.41) is 15.2. The highest BCUT2D eigenvalue weighted by Gasteiger charge is 2.34. The van der Waals surface area contributed by atoms with Crippen molar-refractivity contribution in [1.29, 1.82) is 0 Å². The van der Waals surface area contributed by atoms with E-state index in [9.17, 15) is 19.5 Å². The Bertz CT molecular complexity index is 1340. The lowest BCUT2D eigenvalue weighted by atomic mass is 9.99. The minimum absolute atomic E-state index is 0.0281. The van der Waals surface area contributed by atoms with Crippen LogP contribution >= 0.6 is 0 Å². The number of hydrazine groups is 1. The molecule has 0 spiro atoms. The zero-order valence-corrected chi connectivity index (χ0v) is 25.0. The average Bonchev–Trinajstić information content (AvgIpc) is 2.89. The lowest BCUT2D eigenvalue weighted by Crippen LogP contribution is -2.55. The molecule has 10 nitrogen and oxygen atoms in total. The molecule has 0 aliphatic carbocycles. The Morgan fingerprint density at radius 3 is 1.98 bits per heavy atom. The number of nitrogens with one attached hydrogen (secondary N) is 2. The molecule has 2 aromatic carbocycles. The molecule has 3 aromatic rings. The van der Waals surface area contributed by atoms with Gasteiger partial charge in [0, 0.05) is 36.7 Å². The van der Waals surface area contributed by atoms with Crippen LogP contribution in [0.5, 0.6) is 0 Å². The molecule has 0 aliphatic heterocycles. The first-order chi connectivity index (χ1) is 19.6. The highest BCUT2D eigenvalue weighted by atomic mass is 16.6. The Morgan fingerprint density at radius 2 is 1.40 bits per heavy atom. The van der Waals surface area contributed by atoms with E-state index in [4.69, 9.17) is 9.47 Å². The summed E-state index contributed by atoms with van der Waals surface area (Å²) in [6.07, 6.45) is -0.0886. The number of nitrogens with zero attached hydrogens (tertiary/aromatic N) is 2. The number of ether oxygens (including phenoxy) is 2. The van der Waals surface area contributed by atoms with E-state index in [0.29, 0.717) is 0 Å². The van der Waals surface area contributed by atoms with Gasteiger partial charge < -0.3 is 14.6 Å². The number of alkyl carbamates (subject to hydrolysis) is 1. The summed E-state index contributed by atoms with van der Waals surface area (Å²) in [6, 6.07) is 21.4. The molecule has 0 aliphatic rings. The van der Waals surface area contributed by atoms with Crippen LogP contribution in [-0.4, -0.2) is 56.7 Å². The van der Waals surface area contributed by atoms with E-state index < -0.39 is 35.0 Å². The standard InChI is InChI=1S/C32H40N4O6/c1-30(2,3)41-28(38)34-32(40,22-23-12-8-7-9-13-23)19-21-36(35-29(39)42-31(4,5)6)27(37)25-17-15-24(16-18-25)26-14-10-11-20-33-26/h7-18,20,40H,19,21-22H2,1-6H3,(H,34,38)(H,35,39)/t32-/m1/s1. The van der Waals surface area contributed by atoms with Crippen LogP contribution in [0.4, 0.5) is 9.59 Å². The second-order valence-corrected chi connectivity index (χ2v) is 11.9. The van der Waals surface area contributed by atoms with Gasteiger partial charge in [-0.2, -0.15) is 0 Å². The van der Waals surface area contributed by atoms with Crippen molar-refractivity contribution in [3.05, 3.63) is 90.1 Å². The number of rotatable bonds is 8. The summed E-state index contributed by atoms with van der Waals surface area (Å²) in [5.41, 5.74) is 1.69. The highest BCUT2D eigenvalue weighted by Crippen LogP contribution is 2.20. The lowest BCUT2D eigenvalue weighted by molar-refractivity contribution is -0.0270. The Morgan fingerprint density at radius 1 is 0.810 bits per heavy atom. The molecule has 3 N–H and O–H groups in total. The molecule has 0 radical (unpaired) electrons. The SMILES string of the molecule is CC(C)(C)OC(=O)NN(CC[C@@](O)(Cc1ccccc1)NC(=O)OC(C)(C)C)C(=O)c1ccc(-c2ccccn2)cc1. The maximum absolute atomic E-state index is 13.6. The first-order valence-corrected chi connectivity index (χ1v) is 13.7. The van der Waals surface area contributed by atoms with E-state index in [1.807, 2.05) is 48.5 Å². The third-order valence-electron chi connectivity index (χ3n) is 5.78. The fraction of sp³-hybridized carbons (Fsp3) is 0.375. The van der Waals surface area contributed by atoms with Gasteiger partial charge in [0.05, 0.1) is 5.69 Å². The number of hydrogen-bond donors (Lipinski definition) is 3. The van der Waals surface area contributed by atoms with E-state index in [-0.39, 0.29) is 24.9 Å². The van der Waals surface area contributed by atoms with Gasteiger partial charge in [-0.3, -0.25) is 15.1 Å². The first-order valence-electron chi connectivity index (χ1n) is 13.7. The highest BCUT2D eigenvalue weighted by molar-refractivity contribution is 5.95. The van der Waals surface area contributed by atoms with Crippen LogP contribution in [0.15, 0.2) is 79.0 Å². The van der Waals surface area contributed by atoms with Gasteiger partial charge in [-0.25, -0.2) is 20.0 Å². The van der Waals surface area contributed by atoms with Crippen molar-refractivity contribution in [3.8, 4) is 11.3 Å². The molecular formula is C32H40N4O6. The van der Waals surface area contributed by atoms with Gasteiger partial charge in [-0.15, -0.1) is 0 Å². The van der Waals surface area contributed by atoms with Crippen molar-refractivity contribution in [1.82, 2.24) is 20.7 Å². The van der Waals surface area contributed by atoms with Gasteiger partial charge in [0.1, 0.15) is 16.9 Å².